The zero-order valence-electron chi connectivity index (χ0n) is 40.9. The average molecular weight is 867 g/mol. The Hall–Kier alpha value is -2.89. The monoisotopic (exact) mass is 867 g/mol. The summed E-state index contributed by atoms with van der Waals surface area (Å²) in [4.78, 5) is 37.9. The van der Waals surface area contributed by atoms with E-state index >= 15 is 0 Å². The molecule has 0 fully saturated rings. The molecule has 0 rings (SSSR count). The van der Waals surface area contributed by atoms with Crippen LogP contribution in [0.15, 0.2) is 60.8 Å². The standard InChI is InChI=1S/C56H98O6/c1-4-7-10-13-16-19-22-24-26-27-28-29-30-32-34-37-40-43-46-49-55(58)61-52-53(51-60-54(57)48-45-42-39-36-33-21-18-15-12-9-6-3)62-56(59)50-47-44-41-38-35-31-25-23-20-17-14-11-8-5-2/h8,11,15,17-18,20-21,27-28,33,53H,4-7,9-10,12-14,16,19,22-26,29-32,34-52H2,1-3H3/b11-8-,18-15-,20-17-,28-27-,33-21-. The van der Waals surface area contributed by atoms with Gasteiger partial charge in [-0.2, -0.15) is 0 Å². The minimum Gasteiger partial charge on any atom is -0.462 e. The highest BCUT2D eigenvalue weighted by atomic mass is 16.6. The quantitative estimate of drug-likeness (QED) is 0.0199. The summed E-state index contributed by atoms with van der Waals surface area (Å²) >= 11 is 0. The molecule has 0 heterocycles. The van der Waals surface area contributed by atoms with Crippen LogP contribution in [-0.4, -0.2) is 37.2 Å². The van der Waals surface area contributed by atoms with E-state index < -0.39 is 6.10 Å². The maximum Gasteiger partial charge on any atom is 0.306 e. The van der Waals surface area contributed by atoms with Crippen LogP contribution in [0, 0.1) is 0 Å². The van der Waals surface area contributed by atoms with Gasteiger partial charge in [0.25, 0.3) is 0 Å². The van der Waals surface area contributed by atoms with Crippen molar-refractivity contribution in [3.63, 3.8) is 0 Å². The summed E-state index contributed by atoms with van der Waals surface area (Å²) < 4.78 is 16.8. The molecule has 0 saturated carbocycles. The van der Waals surface area contributed by atoms with E-state index in [-0.39, 0.29) is 31.1 Å². The Morgan fingerprint density at radius 1 is 0.355 bits per heavy atom. The van der Waals surface area contributed by atoms with E-state index in [4.69, 9.17) is 14.2 Å². The molecule has 0 N–H and O–H groups in total. The summed E-state index contributed by atoms with van der Waals surface area (Å²) in [6.45, 7) is 6.45. The highest BCUT2D eigenvalue weighted by molar-refractivity contribution is 5.71. The van der Waals surface area contributed by atoms with E-state index in [2.05, 4.69) is 81.5 Å². The van der Waals surface area contributed by atoms with Crippen molar-refractivity contribution in [2.75, 3.05) is 13.2 Å². The largest absolute Gasteiger partial charge is 0.462 e. The normalized spacial score (nSPS) is 12.5. The molecule has 0 saturated heterocycles. The smallest absolute Gasteiger partial charge is 0.306 e. The Bertz CT molecular complexity index is 1130. The zero-order valence-corrected chi connectivity index (χ0v) is 40.9. The topological polar surface area (TPSA) is 78.9 Å². The van der Waals surface area contributed by atoms with Crippen LogP contribution in [0.3, 0.4) is 0 Å². The fourth-order valence-corrected chi connectivity index (χ4v) is 7.28. The van der Waals surface area contributed by atoms with Gasteiger partial charge in [-0.1, -0.05) is 210 Å². The molecule has 1 atom stereocenters. The molecular formula is C56H98O6. The molecule has 0 amide bonds. The Labute approximate surface area is 383 Å². The van der Waals surface area contributed by atoms with Crippen molar-refractivity contribution in [3.05, 3.63) is 60.8 Å². The summed E-state index contributed by atoms with van der Waals surface area (Å²) in [6, 6.07) is 0. The lowest BCUT2D eigenvalue weighted by Gasteiger charge is -2.18. The maximum atomic E-state index is 12.8. The van der Waals surface area contributed by atoms with Gasteiger partial charge >= 0.3 is 17.9 Å². The second-order valence-electron chi connectivity index (χ2n) is 17.4. The SMILES string of the molecule is CC/C=C\C/C=C\CCCCCCCCCC(=O)OC(COC(=O)CCCCC/C=C\C=C/CCCC)COC(=O)CCCCCCCCC/C=C\CCCCCCCCCC. The van der Waals surface area contributed by atoms with E-state index in [1.165, 1.54) is 128 Å². The Balaban J connectivity index is 4.35. The number of carbonyl (C=O) groups is 3. The molecule has 0 aliphatic heterocycles. The Kier molecular flexibility index (Phi) is 48.4. The second kappa shape index (κ2) is 50.8. The first kappa shape index (κ1) is 59.1. The van der Waals surface area contributed by atoms with E-state index in [1.54, 1.807) is 0 Å². The molecule has 0 aliphatic carbocycles. The summed E-state index contributed by atoms with van der Waals surface area (Å²) in [6.07, 6.45) is 62.1. The summed E-state index contributed by atoms with van der Waals surface area (Å²) in [7, 11) is 0. The summed E-state index contributed by atoms with van der Waals surface area (Å²) in [5, 5.41) is 0. The first-order chi connectivity index (χ1) is 30.5. The summed E-state index contributed by atoms with van der Waals surface area (Å²) in [5.74, 6) is -0.926. The fourth-order valence-electron chi connectivity index (χ4n) is 7.28. The number of hydrogen-bond donors (Lipinski definition) is 0. The van der Waals surface area contributed by atoms with Crippen LogP contribution in [0.25, 0.3) is 0 Å². The third kappa shape index (κ3) is 48.1. The van der Waals surface area contributed by atoms with Crippen molar-refractivity contribution < 1.29 is 28.6 Å². The fraction of sp³-hybridized carbons (Fsp3) is 0.768. The molecular weight excluding hydrogens is 769 g/mol. The van der Waals surface area contributed by atoms with E-state index in [9.17, 15) is 14.4 Å². The van der Waals surface area contributed by atoms with Crippen molar-refractivity contribution in [3.8, 4) is 0 Å². The van der Waals surface area contributed by atoms with Gasteiger partial charge in [-0.05, 0) is 89.9 Å². The Morgan fingerprint density at radius 2 is 0.694 bits per heavy atom. The molecule has 6 nitrogen and oxygen atoms in total. The van der Waals surface area contributed by atoms with Gasteiger partial charge in [0.05, 0.1) is 0 Å². The second-order valence-corrected chi connectivity index (χ2v) is 17.4. The van der Waals surface area contributed by atoms with Crippen LogP contribution in [-0.2, 0) is 28.6 Å². The number of unbranched alkanes of at least 4 members (excludes halogenated alkanes) is 27. The van der Waals surface area contributed by atoms with Gasteiger partial charge in [-0.15, -0.1) is 0 Å². The van der Waals surface area contributed by atoms with E-state index in [0.29, 0.717) is 19.3 Å². The number of esters is 3. The number of rotatable bonds is 47. The van der Waals surface area contributed by atoms with Crippen LogP contribution < -0.4 is 0 Å². The van der Waals surface area contributed by atoms with Crippen LogP contribution >= 0.6 is 0 Å². The molecule has 358 valence electrons. The molecule has 1 unspecified atom stereocenters. The number of hydrogen-bond acceptors (Lipinski definition) is 6. The highest BCUT2D eigenvalue weighted by Crippen LogP contribution is 2.15. The predicted molar refractivity (Wildman–Crippen MR) is 265 cm³/mol. The minimum atomic E-state index is -0.789. The minimum absolute atomic E-state index is 0.0880. The van der Waals surface area contributed by atoms with Crippen molar-refractivity contribution in [1.29, 1.82) is 0 Å². The maximum absolute atomic E-state index is 12.8. The third-order valence-corrected chi connectivity index (χ3v) is 11.3. The van der Waals surface area contributed by atoms with Gasteiger partial charge < -0.3 is 14.2 Å². The van der Waals surface area contributed by atoms with Gasteiger partial charge in [0.1, 0.15) is 13.2 Å². The average Bonchev–Trinajstić information content (AvgIpc) is 3.27. The van der Waals surface area contributed by atoms with Gasteiger partial charge in [0, 0.05) is 19.3 Å². The van der Waals surface area contributed by atoms with Crippen LogP contribution in [0.5, 0.6) is 0 Å². The van der Waals surface area contributed by atoms with Gasteiger partial charge in [0.2, 0.25) is 0 Å². The van der Waals surface area contributed by atoms with Crippen LogP contribution in [0.4, 0.5) is 0 Å². The van der Waals surface area contributed by atoms with Crippen molar-refractivity contribution >= 4 is 17.9 Å². The Morgan fingerprint density at radius 3 is 1.15 bits per heavy atom. The number of ether oxygens (including phenoxy) is 3. The molecule has 0 radical (unpaired) electrons. The van der Waals surface area contributed by atoms with E-state index in [0.717, 1.165) is 89.9 Å². The van der Waals surface area contributed by atoms with E-state index in [1.807, 2.05) is 0 Å². The number of allylic oxidation sites excluding steroid dienone is 10. The summed E-state index contributed by atoms with van der Waals surface area (Å²) in [5.41, 5.74) is 0. The first-order valence-electron chi connectivity index (χ1n) is 26.3. The van der Waals surface area contributed by atoms with Crippen molar-refractivity contribution in [1.82, 2.24) is 0 Å². The highest BCUT2D eigenvalue weighted by Gasteiger charge is 2.19. The first-order valence-corrected chi connectivity index (χ1v) is 26.3. The van der Waals surface area contributed by atoms with Gasteiger partial charge in [-0.25, -0.2) is 0 Å². The number of carbonyl (C=O) groups excluding carboxylic acids is 3. The molecule has 0 aromatic rings. The molecule has 0 aromatic heterocycles. The molecule has 62 heavy (non-hydrogen) atoms. The molecule has 0 aliphatic rings. The molecule has 0 spiro atoms. The lowest BCUT2D eigenvalue weighted by atomic mass is 10.1. The third-order valence-electron chi connectivity index (χ3n) is 11.3. The molecule has 0 bridgehead atoms. The lowest BCUT2D eigenvalue weighted by molar-refractivity contribution is -0.167. The predicted octanol–water partition coefficient (Wildman–Crippen LogP) is 17.3. The van der Waals surface area contributed by atoms with Crippen LogP contribution in [0.1, 0.15) is 258 Å². The van der Waals surface area contributed by atoms with Crippen molar-refractivity contribution in [2.45, 2.75) is 264 Å². The lowest BCUT2D eigenvalue weighted by Crippen LogP contribution is -2.30. The zero-order chi connectivity index (χ0) is 45.1. The molecule has 0 aromatic carbocycles. The van der Waals surface area contributed by atoms with Gasteiger partial charge in [0.15, 0.2) is 6.10 Å². The van der Waals surface area contributed by atoms with Crippen LogP contribution in [0.2, 0.25) is 0 Å². The van der Waals surface area contributed by atoms with Crippen molar-refractivity contribution in [2.24, 2.45) is 0 Å². The van der Waals surface area contributed by atoms with Gasteiger partial charge in [-0.3, -0.25) is 14.4 Å². The molecule has 6 heteroatoms.